The first-order valence-corrected chi connectivity index (χ1v) is 11.8. The van der Waals surface area contributed by atoms with Crippen molar-refractivity contribution in [2.75, 3.05) is 11.9 Å². The molecule has 0 spiro atoms. The predicted octanol–water partition coefficient (Wildman–Crippen LogP) is 5.79. The summed E-state index contributed by atoms with van der Waals surface area (Å²) in [5, 5.41) is 4.95. The van der Waals surface area contributed by atoms with Crippen molar-refractivity contribution >= 4 is 44.8 Å². The van der Waals surface area contributed by atoms with Crippen molar-refractivity contribution < 1.29 is 9.53 Å². The third kappa shape index (κ3) is 3.67. The van der Waals surface area contributed by atoms with E-state index in [4.69, 9.17) is 16.3 Å². The average Bonchev–Trinajstić information content (AvgIpc) is 3.19. The Bertz CT molecular complexity index is 1040. The van der Waals surface area contributed by atoms with Gasteiger partial charge in [-0.15, -0.1) is 11.3 Å². The van der Waals surface area contributed by atoms with Gasteiger partial charge in [0.05, 0.1) is 23.1 Å². The Morgan fingerprint density at radius 2 is 1.93 bits per heavy atom. The molecule has 0 unspecified atom stereocenters. The van der Waals surface area contributed by atoms with E-state index < -0.39 is 0 Å². The number of esters is 1. The number of halogens is 1. The lowest BCUT2D eigenvalue weighted by Crippen LogP contribution is -2.52. The average molecular weight is 442 g/mol. The van der Waals surface area contributed by atoms with Crippen LogP contribution in [0.5, 0.6) is 0 Å². The number of hydrogen-bond acceptors (Lipinski definition) is 6. The Balaban J connectivity index is 1.46. The second-order valence-corrected chi connectivity index (χ2v) is 9.60. The standard InChI is InChI=1S/C23H24ClN3O2S/c1-2-29-22(28)20-13-7-9-14(10-8-13)21(20)26-19-12-16(25-23(24)27-19)18-11-15-5-3-4-6-17(15)30-18/h3-6,11-14,20-21H,2,7-10H2,1H3,(H,25,26,27)/t13?,14?,20-,21-/m0/s1. The van der Waals surface area contributed by atoms with Crippen molar-refractivity contribution in [3.05, 3.63) is 41.7 Å². The first-order chi connectivity index (χ1) is 14.6. The fraction of sp³-hybridized carbons (Fsp3) is 0.435. The summed E-state index contributed by atoms with van der Waals surface area (Å²) in [6.07, 6.45) is 4.48. The van der Waals surface area contributed by atoms with Crippen LogP contribution in [-0.4, -0.2) is 28.6 Å². The second kappa shape index (κ2) is 8.16. The van der Waals surface area contributed by atoms with Gasteiger partial charge in [-0.2, -0.15) is 0 Å². The van der Waals surface area contributed by atoms with Crippen LogP contribution in [0.4, 0.5) is 5.82 Å². The molecule has 3 aliphatic rings. The van der Waals surface area contributed by atoms with E-state index in [1.807, 2.05) is 25.1 Å². The number of nitrogens with one attached hydrogen (secondary N) is 1. The summed E-state index contributed by atoms with van der Waals surface area (Å²) in [5.74, 6) is 1.29. The van der Waals surface area contributed by atoms with Gasteiger partial charge in [0.2, 0.25) is 5.28 Å². The van der Waals surface area contributed by atoms with Crippen molar-refractivity contribution in [1.82, 2.24) is 9.97 Å². The lowest BCUT2D eigenvalue weighted by molar-refractivity contribution is -0.154. The summed E-state index contributed by atoms with van der Waals surface area (Å²) in [6.45, 7) is 2.28. The van der Waals surface area contributed by atoms with E-state index in [2.05, 4.69) is 33.5 Å². The third-order valence-corrected chi connectivity index (χ3v) is 7.78. The van der Waals surface area contributed by atoms with Crippen LogP contribution in [0.2, 0.25) is 5.28 Å². The minimum absolute atomic E-state index is 0.0257. The number of nitrogens with zero attached hydrogens (tertiary/aromatic N) is 2. The first kappa shape index (κ1) is 19.8. The fourth-order valence-electron chi connectivity index (χ4n) is 5.13. The summed E-state index contributed by atoms with van der Waals surface area (Å²) in [6, 6.07) is 12.4. The molecule has 2 bridgehead atoms. The van der Waals surface area contributed by atoms with E-state index in [9.17, 15) is 4.79 Å². The van der Waals surface area contributed by atoms with E-state index in [0.717, 1.165) is 36.3 Å². The number of anilines is 1. The number of rotatable bonds is 5. The van der Waals surface area contributed by atoms with Crippen LogP contribution in [-0.2, 0) is 9.53 Å². The van der Waals surface area contributed by atoms with Gasteiger partial charge < -0.3 is 10.1 Å². The normalized spacial score (nSPS) is 25.4. The maximum Gasteiger partial charge on any atom is 0.311 e. The molecule has 0 radical (unpaired) electrons. The Morgan fingerprint density at radius 1 is 1.17 bits per heavy atom. The molecule has 1 N–H and O–H groups in total. The van der Waals surface area contributed by atoms with Crippen LogP contribution < -0.4 is 5.32 Å². The number of benzene rings is 1. The third-order valence-electron chi connectivity index (χ3n) is 6.47. The smallest absolute Gasteiger partial charge is 0.311 e. The summed E-state index contributed by atoms with van der Waals surface area (Å²) in [7, 11) is 0. The highest BCUT2D eigenvalue weighted by Crippen LogP contribution is 2.47. The van der Waals surface area contributed by atoms with E-state index in [0.29, 0.717) is 24.3 Å². The Labute approximate surface area is 184 Å². The van der Waals surface area contributed by atoms with Crippen molar-refractivity contribution in [2.45, 2.75) is 38.6 Å². The maximum absolute atomic E-state index is 12.7. The molecule has 0 saturated heterocycles. The Hall–Kier alpha value is -2.18. The van der Waals surface area contributed by atoms with Crippen molar-refractivity contribution in [1.29, 1.82) is 0 Å². The molecule has 3 saturated carbocycles. The molecule has 2 heterocycles. The van der Waals surface area contributed by atoms with Crippen LogP contribution in [0.15, 0.2) is 36.4 Å². The quantitative estimate of drug-likeness (QED) is 0.401. The molecular formula is C23H24ClN3O2S. The minimum Gasteiger partial charge on any atom is -0.466 e. The second-order valence-electron chi connectivity index (χ2n) is 8.18. The van der Waals surface area contributed by atoms with Gasteiger partial charge in [0.15, 0.2) is 0 Å². The highest BCUT2D eigenvalue weighted by Gasteiger charge is 2.48. The molecular weight excluding hydrogens is 418 g/mol. The summed E-state index contributed by atoms with van der Waals surface area (Å²) >= 11 is 7.98. The molecule has 6 rings (SSSR count). The predicted molar refractivity (Wildman–Crippen MR) is 121 cm³/mol. The number of thiophene rings is 1. The van der Waals surface area contributed by atoms with Crippen molar-refractivity contribution in [2.24, 2.45) is 17.8 Å². The molecule has 1 aromatic carbocycles. The van der Waals surface area contributed by atoms with Crippen LogP contribution >= 0.6 is 22.9 Å². The van der Waals surface area contributed by atoms with E-state index in [1.54, 1.807) is 11.3 Å². The number of aromatic nitrogens is 2. The van der Waals surface area contributed by atoms with Crippen molar-refractivity contribution in [3.8, 4) is 10.6 Å². The van der Waals surface area contributed by atoms with Gasteiger partial charge >= 0.3 is 5.97 Å². The number of hydrogen-bond donors (Lipinski definition) is 1. The number of carbonyl (C=O) groups excluding carboxylic acids is 1. The molecule has 7 heteroatoms. The van der Waals surface area contributed by atoms with Crippen molar-refractivity contribution in [3.63, 3.8) is 0 Å². The van der Waals surface area contributed by atoms with E-state index >= 15 is 0 Å². The minimum atomic E-state index is -0.126. The van der Waals surface area contributed by atoms with Gasteiger partial charge in [-0.1, -0.05) is 18.2 Å². The zero-order chi connectivity index (χ0) is 20.7. The molecule has 5 nitrogen and oxygen atoms in total. The number of carbonyl (C=O) groups is 1. The first-order valence-electron chi connectivity index (χ1n) is 10.6. The van der Waals surface area contributed by atoms with Gasteiger partial charge in [-0.3, -0.25) is 4.79 Å². The van der Waals surface area contributed by atoms with Gasteiger partial charge in [0.1, 0.15) is 5.82 Å². The summed E-state index contributed by atoms with van der Waals surface area (Å²) < 4.78 is 6.63. The van der Waals surface area contributed by atoms with Crippen LogP contribution in [0, 0.1) is 17.8 Å². The van der Waals surface area contributed by atoms with Gasteiger partial charge in [-0.05, 0) is 73.6 Å². The molecule has 3 fully saturated rings. The van der Waals surface area contributed by atoms with E-state index in [-0.39, 0.29) is 23.2 Å². The molecule has 0 amide bonds. The number of ether oxygens (including phenoxy) is 1. The fourth-order valence-corrected chi connectivity index (χ4v) is 6.34. The molecule has 2 atom stereocenters. The number of fused-ring (bicyclic) bond motifs is 4. The van der Waals surface area contributed by atoms with Gasteiger partial charge in [0.25, 0.3) is 0 Å². The van der Waals surface area contributed by atoms with Crippen LogP contribution in [0.1, 0.15) is 32.6 Å². The van der Waals surface area contributed by atoms with Crippen LogP contribution in [0.25, 0.3) is 20.7 Å². The molecule has 2 aromatic heterocycles. The zero-order valence-corrected chi connectivity index (χ0v) is 18.4. The van der Waals surface area contributed by atoms with Crippen LogP contribution in [0.3, 0.4) is 0 Å². The van der Waals surface area contributed by atoms with Gasteiger partial charge in [-0.25, -0.2) is 9.97 Å². The molecule has 156 valence electrons. The van der Waals surface area contributed by atoms with E-state index in [1.165, 1.54) is 10.1 Å². The maximum atomic E-state index is 12.7. The lowest BCUT2D eigenvalue weighted by atomic mass is 9.61. The summed E-state index contributed by atoms with van der Waals surface area (Å²) in [4.78, 5) is 22.7. The summed E-state index contributed by atoms with van der Waals surface area (Å²) in [5.41, 5.74) is 0.798. The Kier molecular flexibility index (Phi) is 5.37. The topological polar surface area (TPSA) is 64.1 Å². The molecule has 3 aromatic rings. The zero-order valence-electron chi connectivity index (χ0n) is 16.8. The Morgan fingerprint density at radius 3 is 2.70 bits per heavy atom. The lowest BCUT2D eigenvalue weighted by Gasteiger charge is -2.47. The van der Waals surface area contributed by atoms with Gasteiger partial charge in [0, 0.05) is 16.8 Å². The SMILES string of the molecule is CCOC(=O)[C@H]1C2CCC(CC2)[C@@H]1Nc1cc(-c2cc3ccccc3s2)nc(Cl)n1. The highest BCUT2D eigenvalue weighted by molar-refractivity contribution is 7.22. The highest BCUT2D eigenvalue weighted by atomic mass is 35.5. The molecule has 3 aliphatic carbocycles. The largest absolute Gasteiger partial charge is 0.466 e. The molecule has 30 heavy (non-hydrogen) atoms. The molecule has 0 aliphatic heterocycles. The monoisotopic (exact) mass is 441 g/mol.